The third-order valence-corrected chi connectivity index (χ3v) is 16.7. The summed E-state index contributed by atoms with van der Waals surface area (Å²) < 4.78 is 20.4. The number of hydrogen-bond donors (Lipinski definition) is 4. The van der Waals surface area contributed by atoms with Crippen LogP contribution in [-0.2, 0) is 57.6 Å². The number of likely N-dealkylation sites (N-methyl/N-ethyl adjacent to an activating group) is 1. The van der Waals surface area contributed by atoms with Crippen LogP contribution in [0, 0.1) is 23.2 Å². The van der Waals surface area contributed by atoms with Crippen LogP contribution < -0.4 is 15.6 Å². The Balaban J connectivity index is 1.05. The van der Waals surface area contributed by atoms with E-state index in [1.165, 1.54) is 9.91 Å². The van der Waals surface area contributed by atoms with Crippen molar-refractivity contribution in [1.29, 1.82) is 0 Å². The van der Waals surface area contributed by atoms with Gasteiger partial charge in [-0.1, -0.05) is 70.2 Å². The van der Waals surface area contributed by atoms with E-state index in [4.69, 9.17) is 19.2 Å². The molecular weight excluding hydrogens is 993 g/mol. The lowest BCUT2D eigenvalue weighted by atomic mass is 9.84. The molecule has 1 saturated carbocycles. The van der Waals surface area contributed by atoms with Gasteiger partial charge in [0.15, 0.2) is 0 Å². The number of fused-ring (bicyclic) bond motifs is 8. The highest BCUT2D eigenvalue weighted by Gasteiger charge is 2.53. The number of aliphatic hydroxyl groups is 1. The van der Waals surface area contributed by atoms with Crippen LogP contribution in [0.15, 0.2) is 79.0 Å². The van der Waals surface area contributed by atoms with E-state index in [1.54, 1.807) is 31.2 Å². The Hall–Kier alpha value is -6.86. The number of aryl methyl sites for hydroxylation is 1. The van der Waals surface area contributed by atoms with Gasteiger partial charge in [-0.25, -0.2) is 5.43 Å². The topological polar surface area (TPSA) is 208 Å². The number of cyclic esters (lactones) is 1. The van der Waals surface area contributed by atoms with Crippen molar-refractivity contribution in [2.75, 3.05) is 71.6 Å². The third kappa shape index (κ3) is 10.7. The number of anilines is 1. The van der Waals surface area contributed by atoms with Crippen LogP contribution in [0.1, 0.15) is 82.4 Å². The number of hydrazine groups is 1. The van der Waals surface area contributed by atoms with Gasteiger partial charge in [-0.15, -0.1) is 0 Å². The van der Waals surface area contributed by atoms with E-state index in [0.717, 1.165) is 56.7 Å². The van der Waals surface area contributed by atoms with Crippen LogP contribution in [0.5, 0.6) is 5.75 Å². The van der Waals surface area contributed by atoms with E-state index in [2.05, 4.69) is 59.2 Å². The molecule has 6 bridgehead atoms. The van der Waals surface area contributed by atoms with Crippen LogP contribution in [0.2, 0.25) is 0 Å². The van der Waals surface area contributed by atoms with Crippen LogP contribution in [0.4, 0.5) is 5.69 Å². The van der Waals surface area contributed by atoms with Gasteiger partial charge in [-0.3, -0.25) is 34.0 Å². The molecule has 18 nitrogen and oxygen atoms in total. The van der Waals surface area contributed by atoms with Gasteiger partial charge in [0.05, 0.1) is 42.6 Å². The number of aromatic hydroxyl groups is 1. The summed E-state index contributed by atoms with van der Waals surface area (Å²) in [5, 5.41) is 26.6. The smallest absolute Gasteiger partial charge is 0.325 e. The van der Waals surface area contributed by atoms with Crippen molar-refractivity contribution in [1.82, 2.24) is 35.1 Å². The molecule has 4 aliphatic heterocycles. The molecule has 78 heavy (non-hydrogen) atoms. The van der Waals surface area contributed by atoms with Gasteiger partial charge in [0, 0.05) is 87.6 Å². The molecule has 5 aliphatic rings. The van der Waals surface area contributed by atoms with Gasteiger partial charge in [-0.05, 0) is 103 Å². The van der Waals surface area contributed by atoms with E-state index < -0.39 is 54.0 Å². The molecule has 6 heterocycles. The summed E-state index contributed by atoms with van der Waals surface area (Å²) in [5.74, 6) is -2.62. The fourth-order valence-electron chi connectivity index (χ4n) is 12.3. The molecule has 18 heteroatoms. The number of hydrogen-bond acceptors (Lipinski definition) is 13. The number of pyridine rings is 1. The predicted molar refractivity (Wildman–Crippen MR) is 294 cm³/mol. The summed E-state index contributed by atoms with van der Waals surface area (Å²) in [6.07, 6.45) is 1.88. The highest BCUT2D eigenvalue weighted by atomic mass is 16.5. The first-order valence-corrected chi connectivity index (χ1v) is 27.5. The fraction of sp³-hybridized carbons (Fsp3) is 0.500. The zero-order valence-electron chi connectivity index (χ0n) is 46.0. The summed E-state index contributed by atoms with van der Waals surface area (Å²) in [6.45, 7) is 14.8. The van der Waals surface area contributed by atoms with Crippen molar-refractivity contribution in [3.05, 3.63) is 101 Å². The first-order valence-electron chi connectivity index (χ1n) is 27.5. The van der Waals surface area contributed by atoms with Gasteiger partial charge >= 0.3 is 5.97 Å². The van der Waals surface area contributed by atoms with E-state index >= 15 is 4.79 Å². The molecule has 4 amide bonds. The Morgan fingerprint density at radius 1 is 0.987 bits per heavy atom. The van der Waals surface area contributed by atoms with E-state index in [0.29, 0.717) is 63.4 Å². The normalized spacial score (nSPS) is 23.9. The highest BCUT2D eigenvalue weighted by Crippen LogP contribution is 2.46. The van der Waals surface area contributed by atoms with Crippen LogP contribution in [0.3, 0.4) is 0 Å². The SMILES string of the molecule is CCn1c(-c2cc(N3CCN(C(=O)CO)CC3)cnc2[C@H](C)OC)c2c3cc(ccc31)-c1cc(O)cc(c1)C[C@H](NC(=O)[C@H](C(C)C)N(C)C(=O)[C@@H]1OC[C@@H]1c1ccccc1)C(=O)N1CC3C[C@@H]3[C@H](N1)C(=O)OCC(C)(C)C2. The maximum atomic E-state index is 15.1. The van der Waals surface area contributed by atoms with Gasteiger partial charge in [-0.2, -0.15) is 0 Å². The minimum absolute atomic E-state index is 0.0215. The molecule has 4 N–H and O–H groups in total. The van der Waals surface area contributed by atoms with E-state index in [9.17, 15) is 29.4 Å². The molecule has 1 unspecified atom stereocenters. The predicted octanol–water partition coefficient (Wildman–Crippen LogP) is 5.61. The van der Waals surface area contributed by atoms with Crippen molar-refractivity contribution in [2.45, 2.75) is 104 Å². The monoisotopic (exact) mass is 1070 g/mol. The van der Waals surface area contributed by atoms with Gasteiger partial charge in [0.25, 0.3) is 11.8 Å². The van der Waals surface area contributed by atoms with E-state index in [-0.39, 0.29) is 60.4 Å². The van der Waals surface area contributed by atoms with Crippen molar-refractivity contribution in [2.24, 2.45) is 23.2 Å². The average Bonchev–Trinajstić information content (AvgIpc) is 4.22. The zero-order valence-corrected chi connectivity index (χ0v) is 46.0. The summed E-state index contributed by atoms with van der Waals surface area (Å²) in [6, 6.07) is 20.4. The quantitative estimate of drug-likeness (QED) is 0.112. The Kier molecular flexibility index (Phi) is 15.4. The number of piperazine rings is 1. The molecule has 5 aromatic rings. The van der Waals surface area contributed by atoms with Gasteiger partial charge < -0.3 is 49.0 Å². The Morgan fingerprint density at radius 2 is 1.74 bits per heavy atom. The number of aliphatic hydroxyl groups excluding tert-OH is 1. The molecule has 1 aliphatic carbocycles. The van der Waals surface area contributed by atoms with Crippen LogP contribution >= 0.6 is 0 Å². The Morgan fingerprint density at radius 3 is 2.42 bits per heavy atom. The zero-order chi connectivity index (χ0) is 55.3. The Labute approximate surface area is 456 Å². The minimum atomic E-state index is -1.18. The lowest BCUT2D eigenvalue weighted by Crippen LogP contribution is -2.63. The maximum Gasteiger partial charge on any atom is 0.325 e. The summed E-state index contributed by atoms with van der Waals surface area (Å²) in [4.78, 5) is 81.3. The molecule has 0 radical (unpaired) electrons. The van der Waals surface area contributed by atoms with Crippen molar-refractivity contribution < 1.29 is 48.4 Å². The van der Waals surface area contributed by atoms with Crippen molar-refractivity contribution in [3.63, 3.8) is 0 Å². The van der Waals surface area contributed by atoms with Gasteiger partial charge in [0.2, 0.25) is 11.8 Å². The summed E-state index contributed by atoms with van der Waals surface area (Å²) >= 11 is 0. The standard InChI is InChI=1S/C60H74N8O10/c1-9-67-49-16-15-38-25-44(49)46(54(67)45-27-41(29-61-51(45)35(4)76-8)65-17-19-66(20-18-65)50(71)31-69)28-60(5,6)33-78-59(75)52-43-26-40(43)30-68(63-52)57(73)48(23-36-21-39(38)24-42(70)22-36)62-56(72)53(34(2)3)64(7)58(74)55-47(32-77-55)37-13-11-10-12-14-37/h10-16,21-22,24-25,27,29,34-35,40,43,47-48,52-53,55,63,69-70H,9,17-20,23,26,28,30-33H2,1-8H3,(H,62,72)/t35-,40?,43-,47+,48-,52-,53-,55+/m0/s1. The molecule has 4 fully saturated rings. The number of aromatic nitrogens is 2. The molecule has 2 aromatic heterocycles. The number of nitrogens with zero attached hydrogens (tertiary/aromatic N) is 6. The lowest BCUT2D eigenvalue weighted by molar-refractivity contribution is -0.165. The first-order chi connectivity index (χ1) is 37.4. The minimum Gasteiger partial charge on any atom is -0.508 e. The largest absolute Gasteiger partial charge is 0.508 e. The average molecular weight is 1070 g/mol. The number of ether oxygens (including phenoxy) is 3. The molecule has 0 spiro atoms. The number of methoxy groups -OCH3 is 1. The lowest BCUT2D eigenvalue weighted by Gasteiger charge is -2.41. The second-order valence-corrected chi connectivity index (χ2v) is 23.1. The fourth-order valence-corrected chi connectivity index (χ4v) is 12.3. The highest BCUT2D eigenvalue weighted by molar-refractivity contribution is 5.97. The van der Waals surface area contributed by atoms with Gasteiger partial charge in [0.1, 0.15) is 36.6 Å². The molecule has 414 valence electrons. The van der Waals surface area contributed by atoms with E-state index in [1.807, 2.05) is 69.4 Å². The second kappa shape index (κ2) is 22.1. The number of phenols is 1. The Bertz CT molecular complexity index is 3100. The number of esters is 1. The summed E-state index contributed by atoms with van der Waals surface area (Å²) in [5.41, 5.74) is 11.1. The number of benzene rings is 3. The van der Waals surface area contributed by atoms with Crippen LogP contribution in [0.25, 0.3) is 33.3 Å². The number of nitrogens with one attached hydrogen (secondary N) is 2. The second-order valence-electron chi connectivity index (χ2n) is 23.1. The summed E-state index contributed by atoms with van der Waals surface area (Å²) in [7, 11) is 3.26. The number of rotatable bonds is 12. The van der Waals surface area contributed by atoms with Crippen LogP contribution in [-0.4, -0.2) is 155 Å². The molecule has 8 atom stereocenters. The molecule has 10 rings (SSSR count). The third-order valence-electron chi connectivity index (χ3n) is 16.7. The maximum absolute atomic E-state index is 15.1. The number of carbonyl (C=O) groups excluding carboxylic acids is 5. The van der Waals surface area contributed by atoms with Crippen molar-refractivity contribution in [3.8, 4) is 28.1 Å². The number of phenolic OH excluding ortho intramolecular Hbond substituents is 1. The number of amides is 4. The first kappa shape index (κ1) is 54.5. The number of carbonyl (C=O) groups is 5. The van der Waals surface area contributed by atoms with Crippen molar-refractivity contribution >= 4 is 46.2 Å². The molecule has 3 saturated heterocycles. The molecular formula is C60H74N8O10. The molecule has 3 aromatic carbocycles.